The van der Waals surface area contributed by atoms with Crippen LogP contribution in [-0.2, 0) is 20.0 Å². The molecule has 1 aliphatic rings. The number of rotatable bonds is 6. The van der Waals surface area contributed by atoms with Gasteiger partial charge in [-0.05, 0) is 36.2 Å². The van der Waals surface area contributed by atoms with Gasteiger partial charge in [0.2, 0.25) is 0 Å². The van der Waals surface area contributed by atoms with Crippen LogP contribution in [0.5, 0.6) is 11.5 Å². The van der Waals surface area contributed by atoms with Crippen LogP contribution >= 0.6 is 24.0 Å². The molecule has 0 atom stereocenters. The molecule has 0 saturated heterocycles. The van der Waals surface area contributed by atoms with Gasteiger partial charge >= 0.3 is 0 Å². The number of aromatic nitrogens is 2. The number of benzene rings is 2. The lowest BCUT2D eigenvalue weighted by Crippen LogP contribution is -2.32. The maximum Gasteiger partial charge on any atom is 0.196 e. The zero-order valence-corrected chi connectivity index (χ0v) is 20.2. The van der Waals surface area contributed by atoms with Crippen LogP contribution in [0.25, 0.3) is 0 Å². The maximum atomic E-state index is 13.4. The van der Waals surface area contributed by atoms with E-state index in [4.69, 9.17) is 9.47 Å². The third kappa shape index (κ3) is 6.84. The largest absolute Gasteiger partial charge is 0.490 e. The smallest absolute Gasteiger partial charge is 0.196 e. The molecule has 0 spiro atoms. The highest BCUT2D eigenvalue weighted by Crippen LogP contribution is 2.32. The first-order valence-corrected chi connectivity index (χ1v) is 10.3. The molecular weight excluding hydrogens is 524 g/mol. The predicted octanol–water partition coefficient (Wildman–Crippen LogP) is 4.14. The molecule has 0 aliphatic carbocycles. The van der Waals surface area contributed by atoms with Crippen molar-refractivity contribution >= 4 is 35.6 Å². The number of anilines is 1. The van der Waals surface area contributed by atoms with Gasteiger partial charge in [-0.15, -0.1) is 24.0 Å². The van der Waals surface area contributed by atoms with Gasteiger partial charge in [0.25, 0.3) is 0 Å². The Morgan fingerprint density at radius 3 is 2.75 bits per heavy atom. The number of hydrogen-bond acceptors (Lipinski definition) is 4. The van der Waals surface area contributed by atoms with Crippen LogP contribution in [0.1, 0.15) is 17.5 Å². The van der Waals surface area contributed by atoms with Crippen LogP contribution < -0.4 is 20.1 Å². The van der Waals surface area contributed by atoms with E-state index < -0.39 is 0 Å². The number of nitrogens with zero attached hydrogens (tertiary/aromatic N) is 3. The van der Waals surface area contributed by atoms with Crippen LogP contribution in [0.3, 0.4) is 0 Å². The Hall–Kier alpha value is -2.82. The highest BCUT2D eigenvalue weighted by atomic mass is 127. The molecule has 2 aromatic carbocycles. The molecular formula is C23H27FIN5O2. The number of halogens is 2. The molecule has 0 amide bonds. The third-order valence-electron chi connectivity index (χ3n) is 4.78. The molecule has 0 radical (unpaired) electrons. The van der Waals surface area contributed by atoms with Crippen molar-refractivity contribution in [2.75, 3.05) is 25.1 Å². The lowest BCUT2D eigenvalue weighted by molar-refractivity contribution is 0.297. The maximum absolute atomic E-state index is 13.4. The van der Waals surface area contributed by atoms with E-state index in [1.54, 1.807) is 23.0 Å². The first-order chi connectivity index (χ1) is 15.2. The van der Waals surface area contributed by atoms with Gasteiger partial charge in [-0.3, -0.25) is 4.68 Å². The van der Waals surface area contributed by atoms with E-state index in [0.717, 1.165) is 29.0 Å². The Labute approximate surface area is 204 Å². The number of aliphatic imine (C=N–C) groups is 1. The van der Waals surface area contributed by atoms with E-state index in [-0.39, 0.29) is 29.8 Å². The van der Waals surface area contributed by atoms with Crippen molar-refractivity contribution in [2.45, 2.75) is 19.4 Å². The van der Waals surface area contributed by atoms with Gasteiger partial charge < -0.3 is 20.1 Å². The molecule has 0 fully saturated rings. The zero-order valence-electron chi connectivity index (χ0n) is 17.9. The van der Waals surface area contributed by atoms with E-state index in [0.29, 0.717) is 44.4 Å². The lowest BCUT2D eigenvalue weighted by Gasteiger charge is -2.14. The first-order valence-electron chi connectivity index (χ1n) is 10.3. The van der Waals surface area contributed by atoms with Crippen LogP contribution in [0.15, 0.2) is 59.9 Å². The van der Waals surface area contributed by atoms with Crippen LogP contribution in [0, 0.1) is 5.82 Å². The summed E-state index contributed by atoms with van der Waals surface area (Å²) in [5.74, 6) is 1.85. The van der Waals surface area contributed by atoms with Gasteiger partial charge in [0.05, 0.1) is 26.0 Å². The summed E-state index contributed by atoms with van der Waals surface area (Å²) >= 11 is 0. The van der Waals surface area contributed by atoms with Crippen molar-refractivity contribution in [3.8, 4) is 11.5 Å². The fraction of sp³-hybridized carbons (Fsp3) is 0.304. The first kappa shape index (κ1) is 23.8. The fourth-order valence-corrected chi connectivity index (χ4v) is 3.26. The van der Waals surface area contributed by atoms with Gasteiger partial charge in [0.1, 0.15) is 5.82 Å². The summed E-state index contributed by atoms with van der Waals surface area (Å²) in [4.78, 5) is 4.68. The van der Waals surface area contributed by atoms with Crippen molar-refractivity contribution < 1.29 is 13.9 Å². The van der Waals surface area contributed by atoms with Crippen molar-refractivity contribution in [3.05, 3.63) is 71.8 Å². The van der Waals surface area contributed by atoms with E-state index in [9.17, 15) is 4.39 Å². The predicted molar refractivity (Wildman–Crippen MR) is 134 cm³/mol. The number of fused-ring (bicyclic) bond motifs is 1. The minimum absolute atomic E-state index is 0. The summed E-state index contributed by atoms with van der Waals surface area (Å²) in [5.41, 5.74) is 2.77. The van der Waals surface area contributed by atoms with Crippen molar-refractivity contribution in [1.29, 1.82) is 0 Å². The molecule has 170 valence electrons. The van der Waals surface area contributed by atoms with E-state index in [2.05, 4.69) is 20.7 Å². The number of guanidine groups is 1. The quantitative estimate of drug-likeness (QED) is 0.274. The van der Waals surface area contributed by atoms with E-state index in [1.165, 1.54) is 6.07 Å². The van der Waals surface area contributed by atoms with Crippen LogP contribution in [0.4, 0.5) is 10.1 Å². The Morgan fingerprint density at radius 1 is 1.12 bits per heavy atom. The summed E-state index contributed by atoms with van der Waals surface area (Å²) in [6.07, 6.45) is 5.26. The number of aryl methyl sites for hydroxylation is 1. The molecule has 1 aliphatic heterocycles. The van der Waals surface area contributed by atoms with Gasteiger partial charge in [0, 0.05) is 43.5 Å². The number of nitrogens with one attached hydrogen (secondary N) is 2. The normalized spacial score (nSPS) is 13.1. The Balaban J connectivity index is 0.00000289. The van der Waals surface area contributed by atoms with Crippen molar-refractivity contribution in [3.63, 3.8) is 0 Å². The summed E-state index contributed by atoms with van der Waals surface area (Å²) in [5, 5.41) is 10.8. The monoisotopic (exact) mass is 551 g/mol. The Morgan fingerprint density at radius 2 is 1.97 bits per heavy atom. The zero-order chi connectivity index (χ0) is 21.5. The molecule has 32 heavy (non-hydrogen) atoms. The Bertz CT molecular complexity index is 1060. The van der Waals surface area contributed by atoms with Gasteiger partial charge in [0.15, 0.2) is 17.5 Å². The molecule has 2 heterocycles. The fourth-order valence-electron chi connectivity index (χ4n) is 3.26. The average Bonchev–Trinajstić information content (AvgIpc) is 3.03. The molecule has 0 saturated carbocycles. The molecule has 4 rings (SSSR count). The molecule has 2 N–H and O–H groups in total. The van der Waals surface area contributed by atoms with Gasteiger partial charge in [-0.2, -0.15) is 5.10 Å². The second kappa shape index (κ2) is 11.7. The van der Waals surface area contributed by atoms with Crippen molar-refractivity contribution in [2.24, 2.45) is 12.0 Å². The minimum atomic E-state index is -0.228. The highest BCUT2D eigenvalue weighted by Gasteiger charge is 2.11. The number of hydrogen-bond donors (Lipinski definition) is 2. The molecule has 9 heteroatoms. The van der Waals surface area contributed by atoms with Crippen LogP contribution in [-0.4, -0.2) is 35.5 Å². The van der Waals surface area contributed by atoms with Gasteiger partial charge in [-0.1, -0.05) is 12.1 Å². The van der Waals surface area contributed by atoms with Crippen LogP contribution in [0.2, 0.25) is 0 Å². The van der Waals surface area contributed by atoms with Crippen molar-refractivity contribution in [1.82, 2.24) is 15.1 Å². The summed E-state index contributed by atoms with van der Waals surface area (Å²) < 4.78 is 26.7. The summed E-state index contributed by atoms with van der Waals surface area (Å²) in [7, 11) is 1.88. The molecule has 3 aromatic rings. The molecule has 0 unspecified atom stereocenters. The SMILES string of the molecule is Cn1cc(CN=C(NCCc2cccc(F)c2)Nc2ccc3c(c2)OCCCO3)cn1.I. The lowest BCUT2D eigenvalue weighted by atomic mass is 10.1. The standard InChI is InChI=1S/C23H26FN5O2.HI/c1-29-16-18(15-27-29)14-26-23(25-9-8-17-4-2-5-19(24)12-17)28-20-6-7-21-22(13-20)31-11-3-10-30-21;/h2,4-7,12-13,15-16H,3,8-11,14H2,1H3,(H2,25,26,28);1H. The molecule has 0 bridgehead atoms. The van der Waals surface area contributed by atoms with Gasteiger partial charge in [-0.25, -0.2) is 9.38 Å². The summed E-state index contributed by atoms with van der Waals surface area (Å²) in [6.45, 7) is 2.37. The summed E-state index contributed by atoms with van der Waals surface area (Å²) in [6, 6.07) is 12.4. The number of ether oxygens (including phenoxy) is 2. The second-order valence-electron chi connectivity index (χ2n) is 7.33. The third-order valence-corrected chi connectivity index (χ3v) is 4.78. The topological polar surface area (TPSA) is 72.7 Å². The average molecular weight is 551 g/mol. The Kier molecular flexibility index (Phi) is 8.72. The molecule has 7 nitrogen and oxygen atoms in total. The minimum Gasteiger partial charge on any atom is -0.490 e. The van der Waals surface area contributed by atoms with E-state index in [1.807, 2.05) is 37.5 Å². The molecule has 1 aromatic heterocycles. The highest BCUT2D eigenvalue weighted by molar-refractivity contribution is 14.0. The second-order valence-corrected chi connectivity index (χ2v) is 7.33. The van der Waals surface area contributed by atoms with E-state index >= 15 is 0 Å².